The lowest BCUT2D eigenvalue weighted by Gasteiger charge is -2.13. The predicted molar refractivity (Wildman–Crippen MR) is 87.1 cm³/mol. The number of anilines is 3. The molecule has 0 spiro atoms. The fourth-order valence-corrected chi connectivity index (χ4v) is 2.23. The predicted octanol–water partition coefficient (Wildman–Crippen LogP) is 2.14. The van der Waals surface area contributed by atoms with Gasteiger partial charge in [0.2, 0.25) is 17.8 Å². The van der Waals surface area contributed by atoms with Crippen LogP contribution in [-0.4, -0.2) is 40.6 Å². The summed E-state index contributed by atoms with van der Waals surface area (Å²) in [5, 5.41) is 9.48. The van der Waals surface area contributed by atoms with Crippen LogP contribution in [0, 0.1) is 6.92 Å². The molecule has 114 valence electrons. The molecule has 2 heterocycles. The molecule has 0 bridgehead atoms. The zero-order chi connectivity index (χ0) is 15.2. The van der Waals surface area contributed by atoms with Crippen LogP contribution in [0.5, 0.6) is 0 Å². The molecule has 8 heteroatoms. The van der Waals surface area contributed by atoms with Gasteiger partial charge in [-0.25, -0.2) is 4.98 Å². The number of nitrogens with zero attached hydrogens (tertiary/aromatic N) is 5. The highest BCUT2D eigenvalue weighted by Crippen LogP contribution is 2.13. The third-order valence-electron chi connectivity index (χ3n) is 2.65. The largest absolute Gasteiger partial charge is 0.354 e. The van der Waals surface area contributed by atoms with Gasteiger partial charge in [0.05, 0.1) is 17.2 Å². The molecule has 2 N–H and O–H groups in total. The van der Waals surface area contributed by atoms with Gasteiger partial charge in [-0.15, -0.1) is 11.3 Å². The van der Waals surface area contributed by atoms with E-state index in [1.54, 1.807) is 11.3 Å². The van der Waals surface area contributed by atoms with Gasteiger partial charge < -0.3 is 15.5 Å². The highest BCUT2D eigenvalue weighted by atomic mass is 32.1. The van der Waals surface area contributed by atoms with Gasteiger partial charge in [-0.05, 0) is 13.3 Å². The van der Waals surface area contributed by atoms with Gasteiger partial charge in [0.15, 0.2) is 0 Å². The van der Waals surface area contributed by atoms with Gasteiger partial charge in [-0.1, -0.05) is 6.92 Å². The highest BCUT2D eigenvalue weighted by molar-refractivity contribution is 7.09. The fourth-order valence-electron chi connectivity index (χ4n) is 1.62. The molecule has 0 aromatic carbocycles. The molecular formula is C13H21N7S. The van der Waals surface area contributed by atoms with Crippen molar-refractivity contribution in [2.24, 2.45) is 0 Å². The maximum atomic E-state index is 4.41. The molecule has 2 aromatic heterocycles. The average molecular weight is 307 g/mol. The van der Waals surface area contributed by atoms with Crippen LogP contribution in [0.1, 0.15) is 24.0 Å². The molecule has 2 aromatic rings. The molecule has 0 aliphatic carbocycles. The van der Waals surface area contributed by atoms with Crippen LogP contribution in [0.4, 0.5) is 17.8 Å². The number of thiazole rings is 1. The van der Waals surface area contributed by atoms with E-state index in [1.807, 2.05) is 31.3 Å². The molecule has 0 fully saturated rings. The maximum absolute atomic E-state index is 4.41. The van der Waals surface area contributed by atoms with Crippen LogP contribution in [0.15, 0.2) is 5.38 Å². The Morgan fingerprint density at radius 1 is 1.10 bits per heavy atom. The van der Waals surface area contributed by atoms with Crippen LogP contribution in [0.2, 0.25) is 0 Å². The highest BCUT2D eigenvalue weighted by Gasteiger charge is 2.08. The van der Waals surface area contributed by atoms with Crippen LogP contribution < -0.4 is 15.5 Å². The Kier molecular flexibility index (Phi) is 5.26. The fraction of sp³-hybridized carbons (Fsp3) is 0.538. The smallest absolute Gasteiger partial charge is 0.231 e. The average Bonchev–Trinajstić information content (AvgIpc) is 2.88. The van der Waals surface area contributed by atoms with E-state index in [-0.39, 0.29) is 0 Å². The van der Waals surface area contributed by atoms with Crippen molar-refractivity contribution < 1.29 is 0 Å². The zero-order valence-electron chi connectivity index (χ0n) is 12.8. The molecule has 0 unspecified atom stereocenters. The van der Waals surface area contributed by atoms with Crippen molar-refractivity contribution in [3.8, 4) is 0 Å². The van der Waals surface area contributed by atoms with Crippen molar-refractivity contribution in [2.45, 2.75) is 26.8 Å². The number of rotatable bonds is 7. The van der Waals surface area contributed by atoms with Gasteiger partial charge in [0.1, 0.15) is 0 Å². The monoisotopic (exact) mass is 307 g/mol. The van der Waals surface area contributed by atoms with E-state index in [9.17, 15) is 0 Å². The van der Waals surface area contributed by atoms with Gasteiger partial charge in [-0.3, -0.25) is 0 Å². The summed E-state index contributed by atoms with van der Waals surface area (Å²) < 4.78 is 0. The Bertz CT molecular complexity index is 582. The first-order valence-electron chi connectivity index (χ1n) is 6.90. The summed E-state index contributed by atoms with van der Waals surface area (Å²) >= 11 is 1.64. The molecular weight excluding hydrogens is 286 g/mol. The standard InChI is InChI=1S/C13H21N7S/c1-5-6-14-11-17-12(19-13(18-11)20(3)4)15-7-10-8-21-9(2)16-10/h8H,5-7H2,1-4H3,(H2,14,15,17,18,19). The summed E-state index contributed by atoms with van der Waals surface area (Å²) in [5.41, 5.74) is 0.993. The first kappa shape index (κ1) is 15.4. The van der Waals surface area contributed by atoms with E-state index < -0.39 is 0 Å². The minimum absolute atomic E-state index is 0.554. The van der Waals surface area contributed by atoms with E-state index in [4.69, 9.17) is 0 Å². The summed E-state index contributed by atoms with van der Waals surface area (Å²) in [6, 6.07) is 0. The van der Waals surface area contributed by atoms with Crippen molar-refractivity contribution in [3.05, 3.63) is 16.1 Å². The van der Waals surface area contributed by atoms with Crippen LogP contribution in [0.3, 0.4) is 0 Å². The molecule has 0 aliphatic heterocycles. The number of aromatic nitrogens is 4. The first-order valence-corrected chi connectivity index (χ1v) is 7.78. The Morgan fingerprint density at radius 3 is 2.38 bits per heavy atom. The Hall–Kier alpha value is -1.96. The first-order chi connectivity index (χ1) is 10.1. The van der Waals surface area contributed by atoms with Crippen molar-refractivity contribution >= 4 is 29.2 Å². The van der Waals surface area contributed by atoms with Crippen LogP contribution in [-0.2, 0) is 6.54 Å². The lowest BCUT2D eigenvalue weighted by atomic mass is 10.5. The Morgan fingerprint density at radius 2 is 1.81 bits per heavy atom. The summed E-state index contributed by atoms with van der Waals surface area (Å²) in [7, 11) is 3.82. The lowest BCUT2D eigenvalue weighted by molar-refractivity contribution is 0.907. The molecule has 0 amide bonds. The quantitative estimate of drug-likeness (QED) is 0.811. The molecule has 0 saturated carbocycles. The van der Waals surface area contributed by atoms with E-state index in [0.29, 0.717) is 24.4 Å². The summed E-state index contributed by atoms with van der Waals surface area (Å²) in [5.74, 6) is 1.77. The second kappa shape index (κ2) is 7.16. The molecule has 21 heavy (non-hydrogen) atoms. The Balaban J connectivity index is 2.11. The number of aryl methyl sites for hydroxylation is 1. The minimum Gasteiger partial charge on any atom is -0.354 e. The third kappa shape index (κ3) is 4.52. The summed E-state index contributed by atoms with van der Waals surface area (Å²) in [4.78, 5) is 19.4. The normalized spacial score (nSPS) is 10.5. The van der Waals surface area contributed by atoms with E-state index in [1.165, 1.54) is 0 Å². The lowest BCUT2D eigenvalue weighted by Crippen LogP contribution is -2.17. The number of nitrogens with one attached hydrogen (secondary N) is 2. The SMILES string of the molecule is CCCNc1nc(NCc2csc(C)n2)nc(N(C)C)n1. The van der Waals surface area contributed by atoms with Crippen molar-refractivity contribution in [3.63, 3.8) is 0 Å². The molecule has 0 atom stereocenters. The minimum atomic E-state index is 0.554. The molecule has 0 saturated heterocycles. The molecule has 0 aliphatic rings. The Labute approximate surface area is 128 Å². The number of hydrogen-bond acceptors (Lipinski definition) is 8. The zero-order valence-corrected chi connectivity index (χ0v) is 13.7. The van der Waals surface area contributed by atoms with Gasteiger partial charge in [-0.2, -0.15) is 15.0 Å². The third-order valence-corrected chi connectivity index (χ3v) is 3.47. The van der Waals surface area contributed by atoms with E-state index in [0.717, 1.165) is 23.7 Å². The molecule has 7 nitrogen and oxygen atoms in total. The number of hydrogen-bond donors (Lipinski definition) is 2. The van der Waals surface area contributed by atoms with Gasteiger partial charge >= 0.3 is 0 Å². The van der Waals surface area contributed by atoms with Crippen molar-refractivity contribution in [1.82, 2.24) is 19.9 Å². The molecule has 0 radical (unpaired) electrons. The van der Waals surface area contributed by atoms with E-state index >= 15 is 0 Å². The maximum Gasteiger partial charge on any atom is 0.231 e. The van der Waals surface area contributed by atoms with E-state index in [2.05, 4.69) is 37.5 Å². The second-order valence-electron chi connectivity index (χ2n) is 4.82. The summed E-state index contributed by atoms with van der Waals surface area (Å²) in [6.07, 6.45) is 1.02. The second-order valence-corrected chi connectivity index (χ2v) is 5.88. The molecule has 2 rings (SSSR count). The topological polar surface area (TPSA) is 78.9 Å². The van der Waals surface area contributed by atoms with Crippen LogP contribution in [0.25, 0.3) is 0 Å². The van der Waals surface area contributed by atoms with Gasteiger partial charge in [0, 0.05) is 26.0 Å². The van der Waals surface area contributed by atoms with Crippen molar-refractivity contribution in [1.29, 1.82) is 0 Å². The summed E-state index contributed by atoms with van der Waals surface area (Å²) in [6.45, 7) is 5.54. The van der Waals surface area contributed by atoms with Gasteiger partial charge in [0.25, 0.3) is 0 Å². The van der Waals surface area contributed by atoms with Crippen molar-refractivity contribution in [2.75, 3.05) is 36.2 Å². The van der Waals surface area contributed by atoms with Crippen LogP contribution >= 0.6 is 11.3 Å².